The summed E-state index contributed by atoms with van der Waals surface area (Å²) in [5, 5.41) is 0. The van der Waals surface area contributed by atoms with E-state index in [1.165, 1.54) is 0 Å². The first kappa shape index (κ1) is 4.49. The first-order valence-electron chi connectivity index (χ1n) is 1.11. The summed E-state index contributed by atoms with van der Waals surface area (Å²) < 4.78 is 1.94. The summed E-state index contributed by atoms with van der Waals surface area (Å²) in [6, 6.07) is 0. The SMILES string of the molecule is [CH2-]C[CH]=[Ru+]. The van der Waals surface area contributed by atoms with E-state index in [1.54, 1.807) is 0 Å². The van der Waals surface area contributed by atoms with Crippen LogP contribution >= 0.6 is 0 Å². The molecule has 0 atom stereocenters. The zero-order chi connectivity index (χ0) is 3.41. The first-order valence-corrected chi connectivity index (χ1v) is 2.12. The molecule has 0 aromatic carbocycles. The predicted octanol–water partition coefficient (Wildman–Crippen LogP) is 0.560. The van der Waals surface area contributed by atoms with Gasteiger partial charge in [0.2, 0.25) is 0 Å². The van der Waals surface area contributed by atoms with Gasteiger partial charge in [-0.2, -0.15) is 0 Å². The van der Waals surface area contributed by atoms with Gasteiger partial charge in [0.1, 0.15) is 0 Å². The van der Waals surface area contributed by atoms with Crippen molar-refractivity contribution in [1.29, 1.82) is 0 Å². The molecule has 0 heterocycles. The van der Waals surface area contributed by atoms with E-state index in [0.717, 1.165) is 6.42 Å². The van der Waals surface area contributed by atoms with E-state index in [9.17, 15) is 0 Å². The van der Waals surface area contributed by atoms with Crippen LogP contribution in [-0.4, -0.2) is 4.61 Å². The average molecular weight is 142 g/mol. The minimum absolute atomic E-state index is 0.913. The molecule has 0 fully saturated rings. The molecule has 0 bridgehead atoms. The van der Waals surface area contributed by atoms with Crippen molar-refractivity contribution in [3.05, 3.63) is 6.92 Å². The maximum atomic E-state index is 3.53. The third-order valence-corrected chi connectivity index (χ3v) is 0.604. The summed E-state index contributed by atoms with van der Waals surface area (Å²) in [6.07, 6.45) is 0.913. The summed E-state index contributed by atoms with van der Waals surface area (Å²) in [5.74, 6) is 0. The van der Waals surface area contributed by atoms with Gasteiger partial charge >= 0.3 is 35.8 Å². The van der Waals surface area contributed by atoms with Gasteiger partial charge in [0.05, 0.1) is 0 Å². The molecule has 25 valence electrons. The van der Waals surface area contributed by atoms with Crippen LogP contribution in [0.1, 0.15) is 6.42 Å². The summed E-state index contributed by atoms with van der Waals surface area (Å²) in [6.45, 7) is 3.53. The number of hydrogen-bond donors (Lipinski definition) is 0. The Morgan fingerprint density at radius 1 is 2.00 bits per heavy atom. The standard InChI is InChI=1S/C3H5.Ru/c1-3-2;/h1H,2-3H2;/q-1;+1. The van der Waals surface area contributed by atoms with E-state index in [2.05, 4.69) is 24.8 Å². The Morgan fingerprint density at radius 2 is 2.25 bits per heavy atom. The maximum absolute atomic E-state index is 3.53. The summed E-state index contributed by atoms with van der Waals surface area (Å²) in [4.78, 5) is 0. The van der Waals surface area contributed by atoms with Gasteiger partial charge < -0.3 is 0 Å². The molecular formula is C3H5Ru. The third kappa shape index (κ3) is 2.49. The average Bonchev–Trinajstić information content (AvgIpc) is 1.37. The van der Waals surface area contributed by atoms with Crippen molar-refractivity contribution in [2.75, 3.05) is 0 Å². The fourth-order valence-electron chi connectivity index (χ4n) is 0. The van der Waals surface area contributed by atoms with Crippen LogP contribution in [-0.2, 0) is 17.9 Å². The first-order chi connectivity index (χ1) is 1.91. The van der Waals surface area contributed by atoms with Crippen molar-refractivity contribution >= 4 is 4.61 Å². The Bertz CT molecular complexity index is 17.2. The van der Waals surface area contributed by atoms with E-state index >= 15 is 0 Å². The molecule has 0 nitrogen and oxygen atoms in total. The van der Waals surface area contributed by atoms with Crippen LogP contribution in [0.4, 0.5) is 0 Å². The van der Waals surface area contributed by atoms with E-state index in [4.69, 9.17) is 0 Å². The van der Waals surface area contributed by atoms with Gasteiger partial charge in [0, 0.05) is 0 Å². The number of rotatable bonds is 1. The fraction of sp³-hybridized carbons (Fsp3) is 0.333. The number of hydrogen-bond acceptors (Lipinski definition) is 0. The quantitative estimate of drug-likeness (QED) is 0.370. The van der Waals surface area contributed by atoms with Gasteiger partial charge in [-0.3, -0.25) is 0 Å². The van der Waals surface area contributed by atoms with Crippen molar-refractivity contribution in [2.45, 2.75) is 6.42 Å². The van der Waals surface area contributed by atoms with Gasteiger partial charge in [-0.15, -0.1) is 0 Å². The molecule has 0 aromatic heterocycles. The molecule has 0 rings (SSSR count). The molecule has 0 aliphatic heterocycles. The van der Waals surface area contributed by atoms with Crippen LogP contribution in [0, 0.1) is 6.92 Å². The van der Waals surface area contributed by atoms with Crippen molar-refractivity contribution in [3.63, 3.8) is 0 Å². The predicted molar refractivity (Wildman–Crippen MR) is 16.0 cm³/mol. The Labute approximate surface area is 36.4 Å². The molecule has 0 spiro atoms. The Balaban J connectivity index is 2.30. The molecule has 0 amide bonds. The summed E-state index contributed by atoms with van der Waals surface area (Å²) >= 11 is 2.39. The zero-order valence-electron chi connectivity index (χ0n) is 2.35. The second-order valence-corrected chi connectivity index (χ2v) is 1.14. The summed E-state index contributed by atoms with van der Waals surface area (Å²) in [5.41, 5.74) is 0. The van der Waals surface area contributed by atoms with Gasteiger partial charge in [-0.05, 0) is 0 Å². The van der Waals surface area contributed by atoms with E-state index in [-0.39, 0.29) is 0 Å². The molecule has 0 aromatic rings. The van der Waals surface area contributed by atoms with E-state index < -0.39 is 0 Å². The molecule has 0 N–H and O–H groups in total. The van der Waals surface area contributed by atoms with Crippen molar-refractivity contribution in [2.24, 2.45) is 0 Å². The van der Waals surface area contributed by atoms with Crippen LogP contribution in [0.3, 0.4) is 0 Å². The molecule has 0 radical (unpaired) electrons. The van der Waals surface area contributed by atoms with Gasteiger partial charge in [-0.25, -0.2) is 0 Å². The third-order valence-electron chi connectivity index (χ3n) is 0.102. The van der Waals surface area contributed by atoms with Crippen LogP contribution < -0.4 is 0 Å². The second kappa shape index (κ2) is 3.49. The molecule has 0 saturated heterocycles. The Kier molecular flexibility index (Phi) is 3.92. The molecule has 1 heteroatoms. The molecule has 0 saturated carbocycles. The Hall–Kier alpha value is 0.493. The second-order valence-electron chi connectivity index (χ2n) is 0.433. The Morgan fingerprint density at radius 3 is 2.25 bits per heavy atom. The van der Waals surface area contributed by atoms with Crippen LogP contribution in [0.15, 0.2) is 0 Å². The van der Waals surface area contributed by atoms with Gasteiger partial charge in [-0.1, -0.05) is 0 Å². The fourth-order valence-corrected chi connectivity index (χ4v) is 0. The van der Waals surface area contributed by atoms with Gasteiger partial charge in [0.25, 0.3) is 0 Å². The minimum atomic E-state index is 0.913. The van der Waals surface area contributed by atoms with Crippen molar-refractivity contribution < 1.29 is 17.9 Å². The topological polar surface area (TPSA) is 0 Å². The van der Waals surface area contributed by atoms with Crippen molar-refractivity contribution in [3.8, 4) is 0 Å². The molecule has 0 unspecified atom stereocenters. The molecular weight excluding hydrogens is 137 g/mol. The van der Waals surface area contributed by atoms with Crippen LogP contribution in [0.25, 0.3) is 0 Å². The molecule has 4 heavy (non-hydrogen) atoms. The van der Waals surface area contributed by atoms with Gasteiger partial charge in [0.15, 0.2) is 0 Å². The monoisotopic (exact) mass is 143 g/mol. The molecule has 0 aliphatic carbocycles. The summed E-state index contributed by atoms with van der Waals surface area (Å²) in [7, 11) is 0. The molecule has 0 aliphatic rings. The van der Waals surface area contributed by atoms with Crippen LogP contribution in [0.5, 0.6) is 0 Å². The zero-order valence-corrected chi connectivity index (χ0v) is 4.08. The van der Waals surface area contributed by atoms with Crippen molar-refractivity contribution in [1.82, 2.24) is 0 Å². The van der Waals surface area contributed by atoms with E-state index in [1.807, 2.05) is 4.61 Å². The van der Waals surface area contributed by atoms with Crippen LogP contribution in [0.2, 0.25) is 0 Å². The van der Waals surface area contributed by atoms with E-state index in [0.29, 0.717) is 0 Å². The normalized spacial score (nSPS) is 6.25.